The van der Waals surface area contributed by atoms with Gasteiger partial charge in [-0.3, -0.25) is 14.4 Å². The van der Waals surface area contributed by atoms with Crippen LogP contribution in [0.4, 0.5) is 0 Å². The molecule has 1 aromatic heterocycles. The Balaban J connectivity index is 2.14. The number of nitrogens with zero attached hydrogens (tertiary/aromatic N) is 2. The highest BCUT2D eigenvalue weighted by molar-refractivity contribution is 7.16. The summed E-state index contributed by atoms with van der Waals surface area (Å²) in [6, 6.07) is 9.57. The Kier molecular flexibility index (Phi) is 5.98. The molecule has 28 heavy (non-hydrogen) atoms. The summed E-state index contributed by atoms with van der Waals surface area (Å²) in [5, 5.41) is 0.585. The number of aromatic nitrogens is 1. The van der Waals surface area contributed by atoms with Crippen LogP contribution in [0.2, 0.25) is 10.0 Å². The van der Waals surface area contributed by atoms with E-state index in [2.05, 4.69) is 4.99 Å². The summed E-state index contributed by atoms with van der Waals surface area (Å²) in [6.45, 7) is 1.27. The quantitative estimate of drug-likeness (QED) is 0.454. The fourth-order valence-corrected chi connectivity index (χ4v) is 4.04. The highest BCUT2D eigenvalue weighted by Gasteiger charge is 2.16. The molecule has 0 aliphatic heterocycles. The molecule has 0 aliphatic carbocycles. The van der Waals surface area contributed by atoms with E-state index in [1.54, 1.807) is 24.3 Å². The molecule has 3 aromatic rings. The van der Waals surface area contributed by atoms with Gasteiger partial charge in [0.05, 0.1) is 27.4 Å². The first-order chi connectivity index (χ1) is 13.3. The average Bonchev–Trinajstić information content (AvgIpc) is 3.02. The van der Waals surface area contributed by atoms with Gasteiger partial charge in [-0.1, -0.05) is 46.7 Å². The molecule has 0 saturated carbocycles. The van der Waals surface area contributed by atoms with Crippen LogP contribution in [0.5, 0.6) is 0 Å². The van der Waals surface area contributed by atoms with Crippen LogP contribution in [0, 0.1) is 0 Å². The molecule has 0 spiro atoms. The second kappa shape index (κ2) is 8.26. The van der Waals surface area contributed by atoms with Crippen molar-refractivity contribution in [3.8, 4) is 0 Å². The van der Waals surface area contributed by atoms with Crippen molar-refractivity contribution in [3.05, 3.63) is 62.4 Å². The number of Topliss-reactive ketones (excluding diaryl/α,β-unsaturated/α-hetero) is 1. The molecule has 1 amide bonds. The van der Waals surface area contributed by atoms with E-state index in [9.17, 15) is 14.4 Å². The van der Waals surface area contributed by atoms with Gasteiger partial charge in [0, 0.05) is 11.1 Å². The molecule has 6 nitrogen and oxygen atoms in total. The third-order valence-electron chi connectivity index (χ3n) is 3.98. The number of ether oxygens (including phenoxy) is 1. The number of esters is 1. The lowest BCUT2D eigenvalue weighted by Gasteiger charge is -2.06. The summed E-state index contributed by atoms with van der Waals surface area (Å²) in [4.78, 5) is 40.3. The summed E-state index contributed by atoms with van der Waals surface area (Å²) in [7, 11) is 1.27. The van der Waals surface area contributed by atoms with Crippen molar-refractivity contribution in [2.45, 2.75) is 13.5 Å². The van der Waals surface area contributed by atoms with Crippen molar-refractivity contribution >= 4 is 62.4 Å². The maximum absolute atomic E-state index is 12.6. The third kappa shape index (κ3) is 4.01. The van der Waals surface area contributed by atoms with Crippen LogP contribution in [0.1, 0.15) is 27.6 Å². The van der Waals surface area contributed by atoms with Crippen LogP contribution in [0.15, 0.2) is 41.4 Å². The van der Waals surface area contributed by atoms with Gasteiger partial charge in [-0.25, -0.2) is 0 Å². The number of methoxy groups -OCH3 is 1. The Morgan fingerprint density at radius 2 is 1.71 bits per heavy atom. The van der Waals surface area contributed by atoms with Gasteiger partial charge in [0.2, 0.25) is 0 Å². The van der Waals surface area contributed by atoms with Gasteiger partial charge in [-0.05, 0) is 31.2 Å². The molecule has 9 heteroatoms. The van der Waals surface area contributed by atoms with Crippen molar-refractivity contribution in [2.24, 2.45) is 4.99 Å². The molecule has 0 radical (unpaired) electrons. The topological polar surface area (TPSA) is 77.7 Å². The predicted molar refractivity (Wildman–Crippen MR) is 108 cm³/mol. The highest BCUT2D eigenvalue weighted by atomic mass is 35.5. The van der Waals surface area contributed by atoms with Crippen LogP contribution < -0.4 is 4.80 Å². The number of rotatable bonds is 4. The number of halogens is 2. The van der Waals surface area contributed by atoms with Gasteiger partial charge in [0.15, 0.2) is 10.6 Å². The number of carbonyl (C=O) groups is 3. The SMILES string of the molecule is COC(=O)Cn1c(=NC(=O)c2ccc(C(C)=O)cc2)sc2ccc(Cl)c(Cl)c21. The number of fused-ring (bicyclic) bond motifs is 1. The maximum Gasteiger partial charge on any atom is 0.325 e. The summed E-state index contributed by atoms with van der Waals surface area (Å²) in [5.41, 5.74) is 1.32. The van der Waals surface area contributed by atoms with Crippen molar-refractivity contribution < 1.29 is 19.1 Å². The molecule has 3 rings (SSSR count). The van der Waals surface area contributed by atoms with Gasteiger partial charge >= 0.3 is 5.97 Å². The molecule has 0 saturated heterocycles. The second-order valence-electron chi connectivity index (χ2n) is 5.81. The molecule has 144 valence electrons. The lowest BCUT2D eigenvalue weighted by atomic mass is 10.1. The number of hydrogen-bond donors (Lipinski definition) is 0. The molecule has 0 unspecified atom stereocenters. The van der Waals surface area contributed by atoms with E-state index in [0.29, 0.717) is 21.7 Å². The maximum atomic E-state index is 12.6. The lowest BCUT2D eigenvalue weighted by Crippen LogP contribution is -2.22. The number of carbonyl (C=O) groups excluding carboxylic acids is 3. The fraction of sp³-hybridized carbons (Fsp3) is 0.158. The Morgan fingerprint density at radius 3 is 2.32 bits per heavy atom. The van der Waals surface area contributed by atoms with Gasteiger partial charge < -0.3 is 9.30 Å². The van der Waals surface area contributed by atoms with Crippen LogP contribution in [0.3, 0.4) is 0 Å². The zero-order chi connectivity index (χ0) is 20.4. The van der Waals surface area contributed by atoms with E-state index in [0.717, 1.165) is 4.70 Å². The molecular weight excluding hydrogens is 423 g/mol. The Labute approximate surface area is 174 Å². The zero-order valence-corrected chi connectivity index (χ0v) is 17.2. The summed E-state index contributed by atoms with van der Waals surface area (Å²) in [5.74, 6) is -1.12. The number of benzene rings is 2. The molecule has 2 aromatic carbocycles. The molecule has 1 heterocycles. The molecular formula is C19H14Cl2N2O4S. The lowest BCUT2D eigenvalue weighted by molar-refractivity contribution is -0.141. The summed E-state index contributed by atoms with van der Waals surface area (Å²) in [6.07, 6.45) is 0. The normalized spacial score (nSPS) is 11.6. The minimum atomic E-state index is -0.518. The summed E-state index contributed by atoms with van der Waals surface area (Å²) >= 11 is 13.6. The van der Waals surface area contributed by atoms with E-state index >= 15 is 0 Å². The molecule has 0 fully saturated rings. The van der Waals surface area contributed by atoms with Gasteiger partial charge in [-0.2, -0.15) is 4.99 Å². The number of thiazole rings is 1. The largest absolute Gasteiger partial charge is 0.468 e. The van der Waals surface area contributed by atoms with E-state index in [-0.39, 0.29) is 22.2 Å². The monoisotopic (exact) mass is 436 g/mol. The first kappa shape index (κ1) is 20.3. The minimum absolute atomic E-state index is 0.0946. The molecule has 0 atom stereocenters. The zero-order valence-electron chi connectivity index (χ0n) is 14.9. The summed E-state index contributed by atoms with van der Waals surface area (Å²) < 4.78 is 6.95. The second-order valence-corrected chi connectivity index (χ2v) is 7.60. The average molecular weight is 437 g/mol. The third-order valence-corrected chi connectivity index (χ3v) is 5.82. The van der Waals surface area contributed by atoms with E-state index in [1.807, 2.05) is 0 Å². The molecule has 0 aliphatic rings. The molecule has 0 bridgehead atoms. The van der Waals surface area contributed by atoms with Crippen LogP contribution in [-0.2, 0) is 16.1 Å². The molecule has 0 N–H and O–H groups in total. The van der Waals surface area contributed by atoms with Crippen LogP contribution >= 0.6 is 34.5 Å². The Morgan fingerprint density at radius 1 is 1.07 bits per heavy atom. The minimum Gasteiger partial charge on any atom is -0.468 e. The first-order valence-corrected chi connectivity index (χ1v) is 9.63. The van der Waals surface area contributed by atoms with Crippen molar-refractivity contribution in [3.63, 3.8) is 0 Å². The van der Waals surface area contributed by atoms with E-state index in [1.165, 1.54) is 42.1 Å². The van der Waals surface area contributed by atoms with Crippen molar-refractivity contribution in [1.29, 1.82) is 0 Å². The van der Waals surface area contributed by atoms with Crippen molar-refractivity contribution in [1.82, 2.24) is 4.57 Å². The van der Waals surface area contributed by atoms with Gasteiger partial charge in [0.25, 0.3) is 5.91 Å². The smallest absolute Gasteiger partial charge is 0.325 e. The number of amides is 1. The predicted octanol–water partition coefficient (Wildman–Crippen LogP) is 4.13. The van der Waals surface area contributed by atoms with Gasteiger partial charge in [0.1, 0.15) is 6.54 Å². The van der Waals surface area contributed by atoms with E-state index < -0.39 is 11.9 Å². The van der Waals surface area contributed by atoms with Crippen LogP contribution in [0.25, 0.3) is 10.2 Å². The standard InChI is InChI=1S/C19H14Cl2N2O4S/c1-10(24)11-3-5-12(6-4-11)18(26)22-19-23(9-15(25)27-2)17-14(28-19)8-7-13(20)16(17)21/h3-8H,9H2,1-2H3. The van der Waals surface area contributed by atoms with Crippen molar-refractivity contribution in [2.75, 3.05) is 7.11 Å². The Bertz CT molecular complexity index is 1160. The van der Waals surface area contributed by atoms with E-state index in [4.69, 9.17) is 27.9 Å². The number of ketones is 1. The van der Waals surface area contributed by atoms with Crippen LogP contribution in [-0.4, -0.2) is 29.3 Å². The Hall–Kier alpha value is -2.48. The fourth-order valence-electron chi connectivity index (χ4n) is 2.53. The number of hydrogen-bond acceptors (Lipinski definition) is 5. The first-order valence-electron chi connectivity index (χ1n) is 8.06. The van der Waals surface area contributed by atoms with Gasteiger partial charge in [-0.15, -0.1) is 0 Å². The highest BCUT2D eigenvalue weighted by Crippen LogP contribution is 2.32.